The van der Waals surface area contributed by atoms with Crippen LogP contribution in [0.15, 0.2) is 126 Å². The maximum Gasteiger partial charge on any atom is 0.296 e. The van der Waals surface area contributed by atoms with Crippen molar-refractivity contribution < 1.29 is 49.1 Å². The van der Waals surface area contributed by atoms with Gasteiger partial charge in [-0.15, -0.1) is 10.2 Å². The molecule has 0 aliphatic carbocycles. The maximum atomic E-state index is 12.2. The van der Waals surface area contributed by atoms with Crippen LogP contribution in [0.3, 0.4) is 0 Å². The van der Waals surface area contributed by atoms with Crippen LogP contribution in [0.5, 0.6) is 11.5 Å². The number of nitrogen functional groups attached to an aromatic ring is 2. The maximum absolute atomic E-state index is 12.2. The predicted octanol–water partition coefficient (Wildman–Crippen LogP) is 6.81. The van der Waals surface area contributed by atoms with E-state index in [1.54, 1.807) is 36.4 Å². The standard InChI is InChI=1S/C32H24N6O11S3/c33-24-10-5-18-12-27(51(44,45)46)26(15-23(18)31(24)39)37-35-20-6-1-16(2-7-20)17-3-8-21(9-4-17)36-38-30-28(52(47,48)49)13-19-11-22(50(41,42)43)14-25(34)29(19)32(30)40/h1-15,39-40H,33-34H2,(H,41,42,43)(H,44,45,46)(H,47,48,49)/b37-35+,38-36+. The van der Waals surface area contributed by atoms with E-state index in [0.29, 0.717) is 22.2 Å². The molecule has 0 amide bonds. The fraction of sp³-hybridized carbons (Fsp3) is 0. The van der Waals surface area contributed by atoms with Crippen LogP contribution in [0.25, 0.3) is 32.7 Å². The first kappa shape index (κ1) is 35.8. The van der Waals surface area contributed by atoms with Crippen LogP contribution in [0, 0.1) is 0 Å². The number of phenols is 2. The molecule has 6 rings (SSSR count). The molecule has 6 aromatic rings. The van der Waals surface area contributed by atoms with E-state index >= 15 is 0 Å². The monoisotopic (exact) mass is 764 g/mol. The Labute approximate surface area is 294 Å². The van der Waals surface area contributed by atoms with Crippen molar-refractivity contribution in [1.29, 1.82) is 0 Å². The molecule has 17 nitrogen and oxygen atoms in total. The summed E-state index contributed by atoms with van der Waals surface area (Å²) in [4.78, 5) is -2.10. The van der Waals surface area contributed by atoms with Crippen LogP contribution in [-0.2, 0) is 30.4 Å². The summed E-state index contributed by atoms with van der Waals surface area (Å²) in [5.41, 5.74) is 12.4. The zero-order chi connectivity index (χ0) is 37.7. The van der Waals surface area contributed by atoms with Crippen LogP contribution in [0.1, 0.15) is 0 Å². The highest BCUT2D eigenvalue weighted by Gasteiger charge is 2.25. The van der Waals surface area contributed by atoms with Crippen molar-refractivity contribution in [2.45, 2.75) is 14.7 Å². The van der Waals surface area contributed by atoms with Gasteiger partial charge in [0.05, 0.1) is 22.0 Å². The average molecular weight is 765 g/mol. The molecule has 9 N–H and O–H groups in total. The molecule has 266 valence electrons. The third kappa shape index (κ3) is 7.10. The van der Waals surface area contributed by atoms with Gasteiger partial charge in [-0.1, -0.05) is 30.3 Å². The third-order valence-corrected chi connectivity index (χ3v) is 10.3. The van der Waals surface area contributed by atoms with E-state index in [-0.39, 0.29) is 44.7 Å². The number of rotatable bonds is 8. The van der Waals surface area contributed by atoms with Crippen LogP contribution >= 0.6 is 0 Å². The number of benzene rings is 6. The molecule has 0 unspecified atom stereocenters. The second kappa shape index (κ2) is 12.9. The number of fused-ring (bicyclic) bond motifs is 2. The van der Waals surface area contributed by atoms with Crippen LogP contribution in [0.2, 0.25) is 0 Å². The molecule has 0 radical (unpaired) electrons. The fourth-order valence-corrected chi connectivity index (χ4v) is 7.07. The Hall–Kier alpha value is -6.03. The Balaban J connectivity index is 1.27. The topological polar surface area (TPSA) is 305 Å². The minimum Gasteiger partial charge on any atom is -0.505 e. The van der Waals surface area contributed by atoms with Gasteiger partial charge in [-0.05, 0) is 82.6 Å². The van der Waals surface area contributed by atoms with Gasteiger partial charge in [0, 0.05) is 16.5 Å². The molecule has 0 saturated heterocycles. The Morgan fingerprint density at radius 2 is 1.04 bits per heavy atom. The normalized spacial score (nSPS) is 12.8. The highest BCUT2D eigenvalue weighted by atomic mass is 32.2. The number of anilines is 2. The van der Waals surface area contributed by atoms with E-state index in [1.807, 2.05) is 0 Å². The van der Waals surface area contributed by atoms with Gasteiger partial charge in [0.1, 0.15) is 26.9 Å². The minimum atomic E-state index is -5.03. The Morgan fingerprint density at radius 1 is 0.500 bits per heavy atom. The van der Waals surface area contributed by atoms with Crippen molar-refractivity contribution in [3.05, 3.63) is 91.0 Å². The number of hydrogen-bond donors (Lipinski definition) is 7. The molecule has 6 aromatic carbocycles. The van der Waals surface area contributed by atoms with E-state index in [1.165, 1.54) is 30.3 Å². The zero-order valence-electron chi connectivity index (χ0n) is 26.0. The minimum absolute atomic E-state index is 0.0592. The average Bonchev–Trinajstić information content (AvgIpc) is 3.07. The molecule has 20 heteroatoms. The molecule has 0 spiro atoms. The summed E-state index contributed by atoms with van der Waals surface area (Å²) in [5, 5.41) is 37.1. The third-order valence-electron chi connectivity index (χ3n) is 7.72. The summed E-state index contributed by atoms with van der Waals surface area (Å²) in [7, 11) is -14.5. The largest absolute Gasteiger partial charge is 0.505 e. The molecule has 0 bridgehead atoms. The van der Waals surface area contributed by atoms with E-state index < -0.39 is 56.5 Å². The van der Waals surface area contributed by atoms with Gasteiger partial charge in [0.2, 0.25) is 0 Å². The second-order valence-electron chi connectivity index (χ2n) is 11.1. The lowest BCUT2D eigenvalue weighted by molar-refractivity contribution is 0.472. The molecule has 0 aromatic heterocycles. The highest BCUT2D eigenvalue weighted by molar-refractivity contribution is 7.86. The SMILES string of the molecule is Nc1ccc2cc(S(=O)(=O)O)c(/N=N/c3ccc(-c4ccc(/N=N/c5c(S(=O)(=O)O)cc6cc(S(=O)(=O)O)cc(N)c6c5O)cc4)cc3)cc2c1O. The number of nitrogens with zero attached hydrogens (tertiary/aromatic N) is 4. The van der Waals surface area contributed by atoms with Crippen molar-refractivity contribution in [3.8, 4) is 22.6 Å². The predicted molar refractivity (Wildman–Crippen MR) is 190 cm³/mol. The van der Waals surface area contributed by atoms with Crippen molar-refractivity contribution >= 4 is 86.0 Å². The second-order valence-corrected chi connectivity index (χ2v) is 15.3. The smallest absolute Gasteiger partial charge is 0.296 e. The number of aromatic hydroxyl groups is 2. The van der Waals surface area contributed by atoms with Crippen molar-refractivity contribution in [3.63, 3.8) is 0 Å². The molecule has 52 heavy (non-hydrogen) atoms. The molecule has 0 saturated carbocycles. The summed E-state index contributed by atoms with van der Waals surface area (Å²) in [6.07, 6.45) is 0. The van der Waals surface area contributed by atoms with Gasteiger partial charge in [0.15, 0.2) is 5.75 Å². The van der Waals surface area contributed by atoms with Crippen LogP contribution < -0.4 is 11.5 Å². The molecular weight excluding hydrogens is 741 g/mol. The van der Waals surface area contributed by atoms with Gasteiger partial charge < -0.3 is 21.7 Å². The lowest BCUT2D eigenvalue weighted by Gasteiger charge is -2.12. The lowest BCUT2D eigenvalue weighted by Crippen LogP contribution is -2.02. The van der Waals surface area contributed by atoms with E-state index in [4.69, 9.17) is 11.5 Å². The first-order valence-electron chi connectivity index (χ1n) is 14.4. The first-order valence-corrected chi connectivity index (χ1v) is 18.7. The van der Waals surface area contributed by atoms with E-state index in [2.05, 4.69) is 20.5 Å². The van der Waals surface area contributed by atoms with Crippen molar-refractivity contribution in [1.82, 2.24) is 0 Å². The van der Waals surface area contributed by atoms with Crippen molar-refractivity contribution in [2.75, 3.05) is 11.5 Å². The van der Waals surface area contributed by atoms with E-state index in [0.717, 1.165) is 24.3 Å². The number of azo groups is 2. The van der Waals surface area contributed by atoms with Crippen LogP contribution in [0.4, 0.5) is 34.1 Å². The summed E-state index contributed by atoms with van der Waals surface area (Å²) >= 11 is 0. The Bertz CT molecular complexity index is 2850. The highest BCUT2D eigenvalue weighted by Crippen LogP contribution is 2.44. The summed E-state index contributed by atoms with van der Waals surface area (Å²) < 4.78 is 101. The van der Waals surface area contributed by atoms with Gasteiger partial charge in [-0.25, -0.2) is 0 Å². The number of hydrogen-bond acceptors (Lipinski definition) is 14. The zero-order valence-corrected chi connectivity index (χ0v) is 28.5. The first-order chi connectivity index (χ1) is 24.3. The van der Waals surface area contributed by atoms with Gasteiger partial charge in [-0.3, -0.25) is 13.7 Å². The number of nitrogens with two attached hydrogens (primary N) is 2. The summed E-state index contributed by atoms with van der Waals surface area (Å²) in [6.45, 7) is 0. The Kier molecular flexibility index (Phi) is 8.90. The molecule has 0 aliphatic rings. The van der Waals surface area contributed by atoms with Crippen molar-refractivity contribution in [2.24, 2.45) is 20.5 Å². The van der Waals surface area contributed by atoms with Gasteiger partial charge >= 0.3 is 0 Å². The molecule has 0 fully saturated rings. The van der Waals surface area contributed by atoms with E-state index in [9.17, 15) is 49.1 Å². The number of phenolic OH excluding ortho intramolecular Hbond substituents is 2. The summed E-state index contributed by atoms with van der Waals surface area (Å²) in [5.74, 6) is -1.11. The molecule has 0 heterocycles. The molecule has 0 atom stereocenters. The lowest BCUT2D eigenvalue weighted by atomic mass is 10.1. The van der Waals surface area contributed by atoms with Crippen LogP contribution in [-0.4, -0.2) is 49.1 Å². The summed E-state index contributed by atoms with van der Waals surface area (Å²) in [6, 6.07) is 20.7. The molecule has 0 aliphatic heterocycles. The Morgan fingerprint density at radius 3 is 1.58 bits per heavy atom. The quantitative estimate of drug-likeness (QED) is 0.0363. The van der Waals surface area contributed by atoms with Gasteiger partial charge in [-0.2, -0.15) is 35.5 Å². The fourth-order valence-electron chi connectivity index (χ4n) is 5.22. The van der Waals surface area contributed by atoms with Gasteiger partial charge in [0.25, 0.3) is 30.4 Å². The molecular formula is C32H24N6O11S3.